The van der Waals surface area contributed by atoms with Gasteiger partial charge in [0.05, 0.1) is 12.3 Å². The third-order valence-electron chi connectivity index (χ3n) is 2.37. The molecule has 0 radical (unpaired) electrons. The smallest absolute Gasteiger partial charge is 0.197 e. The van der Waals surface area contributed by atoms with Crippen LogP contribution in [0.1, 0.15) is 31.9 Å². The van der Waals surface area contributed by atoms with E-state index in [1.807, 2.05) is 6.07 Å². The Bertz CT molecular complexity index is 262. The van der Waals surface area contributed by atoms with Crippen LogP contribution in [0.25, 0.3) is 0 Å². The summed E-state index contributed by atoms with van der Waals surface area (Å²) in [6.07, 6.45) is 2.61. The minimum Gasteiger partial charge on any atom is -0.453 e. The van der Waals surface area contributed by atoms with Crippen LogP contribution in [-0.4, -0.2) is 0 Å². The van der Waals surface area contributed by atoms with Crippen molar-refractivity contribution < 1.29 is 4.42 Å². The summed E-state index contributed by atoms with van der Waals surface area (Å²) in [4.78, 5) is 0. The third-order valence-corrected chi connectivity index (χ3v) is 2.68. The van der Waals surface area contributed by atoms with Gasteiger partial charge in [0.1, 0.15) is 0 Å². The van der Waals surface area contributed by atoms with Crippen LogP contribution < -0.4 is 11.3 Å². The molecule has 0 amide bonds. The lowest BCUT2D eigenvalue weighted by Gasteiger charge is -2.20. The van der Waals surface area contributed by atoms with E-state index in [1.165, 1.54) is 0 Å². The summed E-state index contributed by atoms with van der Waals surface area (Å²) in [7, 11) is 0. The maximum atomic E-state index is 5.85. The molecule has 74 valence electrons. The Morgan fingerprint density at radius 1 is 1.69 bits per heavy atom. The number of furan rings is 1. The molecule has 0 spiro atoms. The lowest BCUT2D eigenvalue weighted by molar-refractivity contribution is 0.380. The highest BCUT2D eigenvalue weighted by atomic mass is 35.5. The van der Waals surface area contributed by atoms with Gasteiger partial charge in [-0.05, 0) is 23.6 Å². The quantitative estimate of drug-likeness (QED) is 0.583. The van der Waals surface area contributed by atoms with Crippen molar-refractivity contribution >= 4 is 11.6 Å². The summed E-state index contributed by atoms with van der Waals surface area (Å²) in [6.45, 7) is 4.23. The second kappa shape index (κ2) is 4.65. The van der Waals surface area contributed by atoms with Crippen LogP contribution in [0.2, 0.25) is 5.22 Å². The molecule has 1 aromatic heterocycles. The molecule has 0 aliphatic rings. The van der Waals surface area contributed by atoms with Crippen LogP contribution in [-0.2, 0) is 0 Å². The van der Waals surface area contributed by atoms with Crippen LogP contribution in [0, 0.1) is 5.92 Å². The first-order chi connectivity index (χ1) is 6.20. The molecule has 1 rings (SSSR count). The monoisotopic (exact) mass is 202 g/mol. The van der Waals surface area contributed by atoms with E-state index in [2.05, 4.69) is 19.3 Å². The van der Waals surface area contributed by atoms with Crippen LogP contribution in [0.15, 0.2) is 16.7 Å². The first kappa shape index (κ1) is 10.6. The van der Waals surface area contributed by atoms with Gasteiger partial charge in [0.25, 0.3) is 0 Å². The number of rotatable bonds is 4. The van der Waals surface area contributed by atoms with E-state index >= 15 is 0 Å². The minimum absolute atomic E-state index is 0.0660. The Morgan fingerprint density at radius 3 is 2.77 bits per heavy atom. The molecule has 0 aromatic carbocycles. The molecule has 1 aromatic rings. The van der Waals surface area contributed by atoms with Crippen molar-refractivity contribution in [2.24, 2.45) is 11.8 Å². The summed E-state index contributed by atoms with van der Waals surface area (Å²) < 4.78 is 5.01. The standard InChI is InChI=1S/C9H15ClN2O/c1-3-6(2)8(12-11)7-4-5-13-9(7)10/h4-6,8,12H,3,11H2,1-2H3. The Hall–Kier alpha value is -0.510. The molecule has 0 aliphatic heterocycles. The highest BCUT2D eigenvalue weighted by Crippen LogP contribution is 2.29. The Labute approximate surface area is 83.2 Å². The molecule has 2 unspecified atom stereocenters. The van der Waals surface area contributed by atoms with Gasteiger partial charge in [-0.1, -0.05) is 20.3 Å². The summed E-state index contributed by atoms with van der Waals surface area (Å²) in [5.41, 5.74) is 3.68. The molecule has 3 N–H and O–H groups in total. The van der Waals surface area contributed by atoms with Gasteiger partial charge in [0, 0.05) is 5.56 Å². The number of nitrogens with two attached hydrogens (primary N) is 1. The average molecular weight is 203 g/mol. The number of hydrogen-bond acceptors (Lipinski definition) is 3. The van der Waals surface area contributed by atoms with Gasteiger partial charge in [-0.2, -0.15) is 0 Å². The van der Waals surface area contributed by atoms with Crippen molar-refractivity contribution in [2.45, 2.75) is 26.3 Å². The molecule has 4 heteroatoms. The van der Waals surface area contributed by atoms with Gasteiger partial charge in [0.2, 0.25) is 0 Å². The minimum atomic E-state index is 0.0660. The van der Waals surface area contributed by atoms with Gasteiger partial charge < -0.3 is 4.42 Å². The van der Waals surface area contributed by atoms with Gasteiger partial charge in [-0.25, -0.2) is 0 Å². The van der Waals surface area contributed by atoms with E-state index < -0.39 is 0 Å². The van der Waals surface area contributed by atoms with E-state index in [0.29, 0.717) is 11.1 Å². The first-order valence-electron chi connectivity index (χ1n) is 4.39. The average Bonchev–Trinajstić information content (AvgIpc) is 2.53. The highest BCUT2D eigenvalue weighted by Gasteiger charge is 2.20. The number of hydrogen-bond donors (Lipinski definition) is 2. The predicted molar refractivity (Wildman–Crippen MR) is 53.2 cm³/mol. The van der Waals surface area contributed by atoms with E-state index in [4.69, 9.17) is 21.9 Å². The van der Waals surface area contributed by atoms with Crippen LogP contribution in [0.4, 0.5) is 0 Å². The zero-order valence-electron chi connectivity index (χ0n) is 7.88. The maximum absolute atomic E-state index is 5.85. The molecular weight excluding hydrogens is 188 g/mol. The lowest BCUT2D eigenvalue weighted by Crippen LogP contribution is -2.32. The molecule has 0 bridgehead atoms. The molecular formula is C9H15ClN2O. The van der Waals surface area contributed by atoms with E-state index in [9.17, 15) is 0 Å². The Balaban J connectivity index is 2.84. The maximum Gasteiger partial charge on any atom is 0.197 e. The van der Waals surface area contributed by atoms with Crippen LogP contribution in [0.5, 0.6) is 0 Å². The normalized spacial score (nSPS) is 15.7. The van der Waals surface area contributed by atoms with E-state index in [-0.39, 0.29) is 6.04 Å². The zero-order valence-corrected chi connectivity index (χ0v) is 8.64. The highest BCUT2D eigenvalue weighted by molar-refractivity contribution is 6.29. The third kappa shape index (κ3) is 2.24. The van der Waals surface area contributed by atoms with Crippen molar-refractivity contribution in [1.82, 2.24) is 5.43 Å². The van der Waals surface area contributed by atoms with Crippen molar-refractivity contribution in [2.75, 3.05) is 0 Å². The molecule has 13 heavy (non-hydrogen) atoms. The predicted octanol–water partition coefficient (Wildman–Crippen LogP) is 2.48. The van der Waals surface area contributed by atoms with Crippen molar-refractivity contribution in [3.05, 3.63) is 23.1 Å². The molecule has 3 nitrogen and oxygen atoms in total. The number of hydrazine groups is 1. The van der Waals surface area contributed by atoms with Gasteiger partial charge >= 0.3 is 0 Å². The van der Waals surface area contributed by atoms with Crippen LogP contribution in [0.3, 0.4) is 0 Å². The van der Waals surface area contributed by atoms with Gasteiger partial charge in [-0.3, -0.25) is 11.3 Å². The van der Waals surface area contributed by atoms with Crippen LogP contribution >= 0.6 is 11.6 Å². The largest absolute Gasteiger partial charge is 0.453 e. The van der Waals surface area contributed by atoms with E-state index in [1.54, 1.807) is 6.26 Å². The fourth-order valence-electron chi connectivity index (χ4n) is 1.32. The first-order valence-corrected chi connectivity index (χ1v) is 4.77. The zero-order chi connectivity index (χ0) is 9.84. The van der Waals surface area contributed by atoms with Crippen molar-refractivity contribution in [3.8, 4) is 0 Å². The van der Waals surface area contributed by atoms with Gasteiger partial charge in [0.15, 0.2) is 5.22 Å². The SMILES string of the molecule is CCC(C)C(NN)c1ccoc1Cl. The summed E-state index contributed by atoms with van der Waals surface area (Å²) in [5.74, 6) is 5.89. The molecule has 0 saturated carbocycles. The van der Waals surface area contributed by atoms with Gasteiger partial charge in [-0.15, -0.1) is 0 Å². The number of nitrogens with one attached hydrogen (secondary N) is 1. The molecule has 0 saturated heterocycles. The van der Waals surface area contributed by atoms with E-state index in [0.717, 1.165) is 12.0 Å². The summed E-state index contributed by atoms with van der Waals surface area (Å²) in [6, 6.07) is 1.91. The molecule has 0 fully saturated rings. The molecule has 0 aliphatic carbocycles. The lowest BCUT2D eigenvalue weighted by atomic mass is 9.95. The summed E-state index contributed by atoms with van der Waals surface area (Å²) >= 11 is 5.85. The Kier molecular flexibility index (Phi) is 3.78. The second-order valence-electron chi connectivity index (χ2n) is 3.18. The Morgan fingerprint density at radius 2 is 2.38 bits per heavy atom. The molecule has 1 heterocycles. The van der Waals surface area contributed by atoms with Crippen molar-refractivity contribution in [1.29, 1.82) is 0 Å². The fraction of sp³-hybridized carbons (Fsp3) is 0.556. The molecule has 2 atom stereocenters. The summed E-state index contributed by atoms with van der Waals surface area (Å²) in [5, 5.41) is 0.420. The number of halogens is 1. The fourth-order valence-corrected chi connectivity index (χ4v) is 1.55. The van der Waals surface area contributed by atoms with Crippen molar-refractivity contribution in [3.63, 3.8) is 0 Å². The second-order valence-corrected chi connectivity index (χ2v) is 3.52. The topological polar surface area (TPSA) is 51.2 Å².